The highest BCUT2D eigenvalue weighted by Crippen LogP contribution is 2.33. The molecular weight excluding hydrogens is 324 g/mol. The van der Waals surface area contributed by atoms with Crippen molar-refractivity contribution in [3.63, 3.8) is 0 Å². The standard InChI is InChI=1S/C17H16N4O4/c1-11-18-16(25-20-11)10-21-17(22)6-4-13(19-21)12-3-5-14-15(9-12)24-8-2-7-23-14/h3-6,9H,2,7-8,10H2,1H3. The van der Waals surface area contributed by atoms with E-state index in [4.69, 9.17) is 14.0 Å². The van der Waals surface area contributed by atoms with Gasteiger partial charge in [-0.1, -0.05) is 5.16 Å². The Morgan fingerprint density at radius 2 is 1.96 bits per heavy atom. The van der Waals surface area contributed by atoms with Crippen LogP contribution in [-0.2, 0) is 6.54 Å². The van der Waals surface area contributed by atoms with Gasteiger partial charge in [-0.3, -0.25) is 4.79 Å². The summed E-state index contributed by atoms with van der Waals surface area (Å²) in [6.45, 7) is 3.09. The van der Waals surface area contributed by atoms with E-state index in [0.717, 1.165) is 17.7 Å². The van der Waals surface area contributed by atoms with Crippen molar-refractivity contribution >= 4 is 0 Å². The van der Waals surface area contributed by atoms with Gasteiger partial charge < -0.3 is 14.0 Å². The van der Waals surface area contributed by atoms with E-state index in [0.29, 0.717) is 36.4 Å². The lowest BCUT2D eigenvalue weighted by Crippen LogP contribution is -2.23. The highest BCUT2D eigenvalue weighted by Gasteiger charge is 2.13. The molecule has 1 aliphatic rings. The molecule has 1 aromatic carbocycles. The van der Waals surface area contributed by atoms with Gasteiger partial charge >= 0.3 is 0 Å². The first kappa shape index (κ1) is 15.4. The summed E-state index contributed by atoms with van der Waals surface area (Å²) in [6.07, 6.45) is 0.844. The topological polar surface area (TPSA) is 92.3 Å². The largest absolute Gasteiger partial charge is 0.490 e. The molecule has 1 aliphatic heterocycles. The summed E-state index contributed by atoms with van der Waals surface area (Å²) in [5.41, 5.74) is 1.24. The summed E-state index contributed by atoms with van der Waals surface area (Å²) in [4.78, 5) is 16.2. The molecule has 0 N–H and O–H groups in total. The van der Waals surface area contributed by atoms with E-state index in [1.54, 1.807) is 13.0 Å². The zero-order chi connectivity index (χ0) is 17.2. The van der Waals surface area contributed by atoms with Crippen molar-refractivity contribution in [1.82, 2.24) is 19.9 Å². The lowest BCUT2D eigenvalue weighted by molar-refractivity contribution is 0.297. The van der Waals surface area contributed by atoms with Crippen LogP contribution in [0.2, 0.25) is 0 Å². The number of aromatic nitrogens is 4. The normalized spacial score (nSPS) is 13.5. The minimum atomic E-state index is -0.242. The van der Waals surface area contributed by atoms with Crippen molar-refractivity contribution in [2.75, 3.05) is 13.2 Å². The van der Waals surface area contributed by atoms with Gasteiger partial charge in [0, 0.05) is 18.1 Å². The van der Waals surface area contributed by atoms with Crippen molar-refractivity contribution in [3.8, 4) is 22.8 Å². The Bertz CT molecular complexity index is 963. The minimum Gasteiger partial charge on any atom is -0.490 e. The second-order valence-electron chi connectivity index (χ2n) is 5.66. The van der Waals surface area contributed by atoms with Gasteiger partial charge in [0.2, 0.25) is 5.89 Å². The maximum Gasteiger partial charge on any atom is 0.267 e. The summed E-state index contributed by atoms with van der Waals surface area (Å²) >= 11 is 0. The third-order valence-electron chi connectivity index (χ3n) is 3.76. The fourth-order valence-electron chi connectivity index (χ4n) is 2.57. The smallest absolute Gasteiger partial charge is 0.267 e. The molecule has 0 amide bonds. The van der Waals surface area contributed by atoms with E-state index in [9.17, 15) is 4.79 Å². The van der Waals surface area contributed by atoms with Crippen LogP contribution in [0.5, 0.6) is 11.5 Å². The van der Waals surface area contributed by atoms with Crippen LogP contribution in [-0.4, -0.2) is 33.1 Å². The Balaban J connectivity index is 1.68. The van der Waals surface area contributed by atoms with Crippen LogP contribution in [0.15, 0.2) is 39.6 Å². The molecule has 0 bridgehead atoms. The number of nitrogens with zero attached hydrogens (tertiary/aromatic N) is 4. The van der Waals surface area contributed by atoms with Gasteiger partial charge in [-0.25, -0.2) is 4.68 Å². The SMILES string of the molecule is Cc1noc(Cn2nc(-c3ccc4c(c3)OCCCO4)ccc2=O)n1. The second kappa shape index (κ2) is 6.39. The molecule has 0 fully saturated rings. The predicted octanol–water partition coefficient (Wildman–Crippen LogP) is 1.81. The number of aryl methyl sites for hydroxylation is 1. The zero-order valence-electron chi connectivity index (χ0n) is 13.6. The van der Waals surface area contributed by atoms with Crippen molar-refractivity contribution in [3.05, 3.63) is 52.4 Å². The third kappa shape index (κ3) is 3.23. The van der Waals surface area contributed by atoms with E-state index in [-0.39, 0.29) is 12.1 Å². The molecule has 3 aromatic rings. The monoisotopic (exact) mass is 340 g/mol. The van der Waals surface area contributed by atoms with Gasteiger partial charge in [0.15, 0.2) is 17.3 Å². The molecule has 8 heteroatoms. The van der Waals surface area contributed by atoms with Crippen molar-refractivity contribution in [2.24, 2.45) is 0 Å². The van der Waals surface area contributed by atoms with E-state index < -0.39 is 0 Å². The van der Waals surface area contributed by atoms with Gasteiger partial charge in [0.1, 0.15) is 6.54 Å². The summed E-state index contributed by atoms with van der Waals surface area (Å²) in [6, 6.07) is 8.76. The number of fused-ring (bicyclic) bond motifs is 1. The number of hydrogen-bond donors (Lipinski definition) is 0. The first-order valence-corrected chi connectivity index (χ1v) is 7.96. The molecule has 3 heterocycles. The molecule has 128 valence electrons. The lowest BCUT2D eigenvalue weighted by Gasteiger charge is -2.10. The van der Waals surface area contributed by atoms with Crippen LogP contribution in [0.4, 0.5) is 0 Å². The average Bonchev–Trinajstić information content (AvgIpc) is 2.88. The fourth-order valence-corrected chi connectivity index (χ4v) is 2.57. The molecule has 0 saturated heterocycles. The lowest BCUT2D eigenvalue weighted by atomic mass is 10.1. The number of hydrogen-bond acceptors (Lipinski definition) is 7. The summed E-state index contributed by atoms with van der Waals surface area (Å²) in [5.74, 6) is 2.25. The molecule has 4 rings (SSSR count). The Labute approximate surface area is 143 Å². The summed E-state index contributed by atoms with van der Waals surface area (Å²) in [7, 11) is 0. The molecular formula is C17H16N4O4. The average molecular weight is 340 g/mol. The van der Waals surface area contributed by atoms with Gasteiger partial charge in [0.25, 0.3) is 5.56 Å². The van der Waals surface area contributed by atoms with Crippen molar-refractivity contribution < 1.29 is 14.0 Å². The first-order chi connectivity index (χ1) is 12.2. The molecule has 25 heavy (non-hydrogen) atoms. The quantitative estimate of drug-likeness (QED) is 0.718. The van der Waals surface area contributed by atoms with Gasteiger partial charge in [0.05, 0.1) is 18.9 Å². The number of benzene rings is 1. The van der Waals surface area contributed by atoms with Crippen LogP contribution in [0.1, 0.15) is 18.1 Å². The second-order valence-corrected chi connectivity index (χ2v) is 5.66. The van der Waals surface area contributed by atoms with E-state index >= 15 is 0 Å². The molecule has 8 nitrogen and oxygen atoms in total. The van der Waals surface area contributed by atoms with E-state index in [1.165, 1.54) is 10.7 Å². The van der Waals surface area contributed by atoms with Gasteiger partial charge in [-0.05, 0) is 31.2 Å². The molecule has 0 spiro atoms. The zero-order valence-corrected chi connectivity index (χ0v) is 13.6. The minimum absolute atomic E-state index is 0.123. The molecule has 0 saturated carbocycles. The Kier molecular flexibility index (Phi) is 3.93. The summed E-state index contributed by atoms with van der Waals surface area (Å²) in [5, 5.41) is 8.12. The molecule has 0 unspecified atom stereocenters. The molecule has 0 aliphatic carbocycles. The Morgan fingerprint density at radius 3 is 2.76 bits per heavy atom. The highest BCUT2D eigenvalue weighted by atomic mass is 16.5. The third-order valence-corrected chi connectivity index (χ3v) is 3.76. The van der Waals surface area contributed by atoms with E-state index in [1.807, 2.05) is 18.2 Å². The molecule has 0 atom stereocenters. The maximum atomic E-state index is 12.1. The number of ether oxygens (including phenoxy) is 2. The van der Waals surface area contributed by atoms with Crippen LogP contribution in [0, 0.1) is 6.92 Å². The summed E-state index contributed by atoms with van der Waals surface area (Å²) < 4.78 is 17.7. The van der Waals surface area contributed by atoms with E-state index in [2.05, 4.69) is 15.2 Å². The van der Waals surface area contributed by atoms with Crippen molar-refractivity contribution in [2.45, 2.75) is 19.9 Å². The first-order valence-electron chi connectivity index (χ1n) is 7.96. The molecule has 2 aromatic heterocycles. The van der Waals surface area contributed by atoms with Gasteiger partial charge in [-0.15, -0.1) is 0 Å². The Hall–Kier alpha value is -3.16. The van der Waals surface area contributed by atoms with Crippen LogP contribution in [0.3, 0.4) is 0 Å². The maximum absolute atomic E-state index is 12.1. The van der Waals surface area contributed by atoms with Gasteiger partial charge in [-0.2, -0.15) is 10.1 Å². The van der Waals surface area contributed by atoms with Crippen LogP contribution < -0.4 is 15.0 Å². The number of rotatable bonds is 3. The highest BCUT2D eigenvalue weighted by molar-refractivity contribution is 5.63. The van der Waals surface area contributed by atoms with Crippen molar-refractivity contribution in [1.29, 1.82) is 0 Å². The fraction of sp³-hybridized carbons (Fsp3) is 0.294. The molecule has 0 radical (unpaired) electrons. The Morgan fingerprint density at radius 1 is 1.12 bits per heavy atom. The predicted molar refractivity (Wildman–Crippen MR) is 87.7 cm³/mol. The van der Waals surface area contributed by atoms with Crippen LogP contribution in [0.25, 0.3) is 11.3 Å². The van der Waals surface area contributed by atoms with Crippen LogP contribution >= 0.6 is 0 Å².